The topological polar surface area (TPSA) is 58.6 Å². The number of carbonyl (C=O) groups excluding carboxylic acids is 2. The minimum atomic E-state index is -0.152. The average Bonchev–Trinajstić information content (AvgIpc) is 2.84. The van der Waals surface area contributed by atoms with Crippen molar-refractivity contribution in [2.45, 2.75) is 57.9 Å². The first-order valence-corrected chi connectivity index (χ1v) is 9.29. The Kier molecular flexibility index (Phi) is 7.56. The van der Waals surface area contributed by atoms with Gasteiger partial charge in [0.15, 0.2) is 0 Å². The SMILES string of the molecule is COc1ccc(Cl)cc1NC(=O)CCN(C(C)=O)C1CCCCCC1. The zero-order valence-electron chi connectivity index (χ0n) is 15.0. The van der Waals surface area contributed by atoms with Gasteiger partial charge in [-0.05, 0) is 31.0 Å². The van der Waals surface area contributed by atoms with Gasteiger partial charge in [0.05, 0.1) is 12.8 Å². The van der Waals surface area contributed by atoms with Crippen molar-refractivity contribution in [1.82, 2.24) is 4.90 Å². The molecule has 0 aromatic heterocycles. The van der Waals surface area contributed by atoms with E-state index in [0.717, 1.165) is 25.7 Å². The molecule has 1 aromatic rings. The molecule has 2 amide bonds. The highest BCUT2D eigenvalue weighted by Crippen LogP contribution is 2.28. The van der Waals surface area contributed by atoms with E-state index in [9.17, 15) is 9.59 Å². The number of carbonyl (C=O) groups is 2. The van der Waals surface area contributed by atoms with Gasteiger partial charge in [-0.25, -0.2) is 0 Å². The summed E-state index contributed by atoms with van der Waals surface area (Å²) in [5.41, 5.74) is 0.545. The van der Waals surface area contributed by atoms with Crippen molar-refractivity contribution in [3.8, 4) is 5.75 Å². The molecule has 2 rings (SSSR count). The molecule has 0 heterocycles. The normalized spacial score (nSPS) is 15.3. The zero-order valence-corrected chi connectivity index (χ0v) is 15.8. The number of benzene rings is 1. The van der Waals surface area contributed by atoms with Gasteiger partial charge in [-0.1, -0.05) is 37.3 Å². The van der Waals surface area contributed by atoms with Crippen molar-refractivity contribution in [1.29, 1.82) is 0 Å². The third-order valence-electron chi connectivity index (χ3n) is 4.69. The largest absolute Gasteiger partial charge is 0.495 e. The molecule has 1 aliphatic rings. The molecule has 138 valence electrons. The Morgan fingerprint density at radius 3 is 2.52 bits per heavy atom. The van der Waals surface area contributed by atoms with Gasteiger partial charge in [-0.3, -0.25) is 9.59 Å². The number of methoxy groups -OCH3 is 1. The van der Waals surface area contributed by atoms with Crippen LogP contribution >= 0.6 is 11.6 Å². The molecule has 1 saturated carbocycles. The van der Waals surface area contributed by atoms with Crippen molar-refractivity contribution >= 4 is 29.1 Å². The summed E-state index contributed by atoms with van der Waals surface area (Å²) in [7, 11) is 1.54. The zero-order chi connectivity index (χ0) is 18.2. The Morgan fingerprint density at radius 1 is 1.24 bits per heavy atom. The molecule has 1 aliphatic carbocycles. The molecule has 1 aromatic carbocycles. The molecule has 0 spiro atoms. The van der Waals surface area contributed by atoms with Crippen molar-refractivity contribution in [3.05, 3.63) is 23.2 Å². The standard InChI is InChI=1S/C19H27ClN2O3/c1-14(23)22(16-7-5-3-4-6-8-16)12-11-19(24)21-17-13-15(20)9-10-18(17)25-2/h9-10,13,16H,3-8,11-12H2,1-2H3,(H,21,24). The highest BCUT2D eigenvalue weighted by Gasteiger charge is 2.23. The van der Waals surface area contributed by atoms with E-state index in [1.54, 1.807) is 32.2 Å². The lowest BCUT2D eigenvalue weighted by molar-refractivity contribution is -0.131. The second kappa shape index (κ2) is 9.66. The van der Waals surface area contributed by atoms with E-state index >= 15 is 0 Å². The van der Waals surface area contributed by atoms with Crippen LogP contribution in [0.3, 0.4) is 0 Å². The Balaban J connectivity index is 1.94. The van der Waals surface area contributed by atoms with Crippen LogP contribution in [0.15, 0.2) is 18.2 Å². The van der Waals surface area contributed by atoms with Crippen molar-refractivity contribution in [2.75, 3.05) is 19.0 Å². The summed E-state index contributed by atoms with van der Waals surface area (Å²) in [5.74, 6) is 0.449. The van der Waals surface area contributed by atoms with Crippen molar-refractivity contribution in [2.24, 2.45) is 0 Å². The Morgan fingerprint density at radius 2 is 1.92 bits per heavy atom. The average molecular weight is 367 g/mol. The van der Waals surface area contributed by atoms with Crippen LogP contribution in [-0.4, -0.2) is 36.4 Å². The Labute approximate surface area is 154 Å². The summed E-state index contributed by atoms with van der Waals surface area (Å²) < 4.78 is 5.24. The lowest BCUT2D eigenvalue weighted by Crippen LogP contribution is -2.40. The number of halogens is 1. The van der Waals surface area contributed by atoms with Gasteiger partial charge in [0.2, 0.25) is 11.8 Å². The predicted molar refractivity (Wildman–Crippen MR) is 100 cm³/mol. The van der Waals surface area contributed by atoms with E-state index in [0.29, 0.717) is 23.0 Å². The van der Waals surface area contributed by atoms with Gasteiger partial charge < -0.3 is 15.0 Å². The number of nitrogens with one attached hydrogen (secondary N) is 1. The van der Waals surface area contributed by atoms with Crippen LogP contribution in [0.1, 0.15) is 51.9 Å². The molecule has 1 fully saturated rings. The van der Waals surface area contributed by atoms with Gasteiger partial charge in [-0.15, -0.1) is 0 Å². The van der Waals surface area contributed by atoms with Gasteiger partial charge >= 0.3 is 0 Å². The number of ether oxygens (including phenoxy) is 1. The molecule has 0 aliphatic heterocycles. The van der Waals surface area contributed by atoms with Gasteiger partial charge in [0, 0.05) is 31.0 Å². The van der Waals surface area contributed by atoms with Crippen LogP contribution in [0, 0.1) is 0 Å². The van der Waals surface area contributed by atoms with E-state index < -0.39 is 0 Å². The van der Waals surface area contributed by atoms with Crippen LogP contribution in [0.25, 0.3) is 0 Å². The van der Waals surface area contributed by atoms with E-state index in [1.807, 2.05) is 4.90 Å². The molecule has 0 saturated heterocycles. The molecule has 5 nitrogen and oxygen atoms in total. The van der Waals surface area contributed by atoms with Gasteiger partial charge in [0.25, 0.3) is 0 Å². The van der Waals surface area contributed by atoms with Crippen LogP contribution in [-0.2, 0) is 9.59 Å². The Hall–Kier alpha value is -1.75. The maximum absolute atomic E-state index is 12.3. The maximum atomic E-state index is 12.3. The first kappa shape index (κ1) is 19.6. The molecular formula is C19H27ClN2O3. The maximum Gasteiger partial charge on any atom is 0.226 e. The predicted octanol–water partition coefficient (Wildman–Crippen LogP) is 4.25. The first-order chi connectivity index (χ1) is 12.0. The molecule has 0 radical (unpaired) electrons. The molecule has 6 heteroatoms. The molecule has 1 N–H and O–H groups in total. The second-order valence-electron chi connectivity index (χ2n) is 6.50. The number of hydrogen-bond acceptors (Lipinski definition) is 3. The van der Waals surface area contributed by atoms with Gasteiger partial charge in [0.1, 0.15) is 5.75 Å². The fourth-order valence-electron chi connectivity index (χ4n) is 3.38. The van der Waals surface area contributed by atoms with Crippen LogP contribution in [0.2, 0.25) is 5.02 Å². The van der Waals surface area contributed by atoms with E-state index in [4.69, 9.17) is 16.3 Å². The third kappa shape index (κ3) is 5.92. The highest BCUT2D eigenvalue weighted by molar-refractivity contribution is 6.31. The summed E-state index contributed by atoms with van der Waals surface area (Å²) >= 11 is 5.98. The van der Waals surface area contributed by atoms with Crippen LogP contribution < -0.4 is 10.1 Å². The minimum absolute atomic E-state index is 0.0417. The smallest absolute Gasteiger partial charge is 0.226 e. The van der Waals surface area contributed by atoms with E-state index in [-0.39, 0.29) is 24.3 Å². The summed E-state index contributed by atoms with van der Waals surface area (Å²) in [5, 5.41) is 3.35. The summed E-state index contributed by atoms with van der Waals surface area (Å²) in [4.78, 5) is 26.2. The molecule has 25 heavy (non-hydrogen) atoms. The van der Waals surface area contributed by atoms with Crippen LogP contribution in [0.5, 0.6) is 5.75 Å². The van der Waals surface area contributed by atoms with Crippen LogP contribution in [0.4, 0.5) is 5.69 Å². The van der Waals surface area contributed by atoms with E-state index in [1.165, 1.54) is 12.8 Å². The van der Waals surface area contributed by atoms with Crippen molar-refractivity contribution in [3.63, 3.8) is 0 Å². The molecule has 0 bridgehead atoms. The molecular weight excluding hydrogens is 340 g/mol. The second-order valence-corrected chi connectivity index (χ2v) is 6.94. The van der Waals surface area contributed by atoms with Gasteiger partial charge in [-0.2, -0.15) is 0 Å². The fraction of sp³-hybridized carbons (Fsp3) is 0.579. The minimum Gasteiger partial charge on any atom is -0.495 e. The number of amides is 2. The highest BCUT2D eigenvalue weighted by atomic mass is 35.5. The monoisotopic (exact) mass is 366 g/mol. The number of nitrogens with zero attached hydrogens (tertiary/aromatic N) is 1. The lowest BCUT2D eigenvalue weighted by Gasteiger charge is -2.30. The number of anilines is 1. The molecule has 0 atom stereocenters. The first-order valence-electron chi connectivity index (χ1n) is 8.92. The fourth-order valence-corrected chi connectivity index (χ4v) is 3.55. The number of rotatable bonds is 6. The summed E-state index contributed by atoms with van der Waals surface area (Å²) in [6, 6.07) is 5.34. The number of hydrogen-bond donors (Lipinski definition) is 1. The Bertz CT molecular complexity index is 598. The molecule has 0 unspecified atom stereocenters. The summed E-state index contributed by atoms with van der Waals surface area (Å²) in [6.45, 7) is 2.03. The third-order valence-corrected chi connectivity index (χ3v) is 4.92. The summed E-state index contributed by atoms with van der Waals surface area (Å²) in [6.07, 6.45) is 7.09. The quantitative estimate of drug-likeness (QED) is 0.765. The lowest BCUT2D eigenvalue weighted by atomic mass is 10.1. The van der Waals surface area contributed by atoms with E-state index in [2.05, 4.69) is 5.32 Å². The van der Waals surface area contributed by atoms with Crippen molar-refractivity contribution < 1.29 is 14.3 Å².